The van der Waals surface area contributed by atoms with Gasteiger partial charge in [0.05, 0.1) is 19.7 Å². The van der Waals surface area contributed by atoms with Gasteiger partial charge in [0.25, 0.3) is 5.91 Å². The van der Waals surface area contributed by atoms with Gasteiger partial charge in [0.1, 0.15) is 5.75 Å². The molecule has 0 aliphatic heterocycles. The number of rotatable bonds is 7. The summed E-state index contributed by atoms with van der Waals surface area (Å²) < 4.78 is 5.58. The van der Waals surface area contributed by atoms with Crippen LogP contribution in [0, 0.1) is 0 Å². The molecule has 0 aliphatic rings. The molecule has 3 heteroatoms. The lowest BCUT2D eigenvalue weighted by molar-refractivity contribution is 0.0689. The van der Waals surface area contributed by atoms with Crippen LogP contribution in [-0.2, 0) is 6.54 Å². The number of carbonyl (C=O) groups excluding carboxylic acids is 1. The molecule has 0 saturated carbocycles. The average molecular weight is 408 g/mol. The van der Waals surface area contributed by atoms with Crippen LogP contribution >= 0.6 is 0 Å². The highest BCUT2D eigenvalue weighted by Crippen LogP contribution is 2.33. The Morgan fingerprint density at radius 1 is 0.710 bits per heavy atom. The molecule has 3 nitrogen and oxygen atoms in total. The first-order valence-corrected chi connectivity index (χ1v) is 10.4. The van der Waals surface area contributed by atoms with Crippen molar-refractivity contribution < 1.29 is 9.53 Å². The number of ether oxygens (including phenoxy) is 1. The average Bonchev–Trinajstić information content (AvgIpc) is 2.85. The summed E-state index contributed by atoms with van der Waals surface area (Å²) in [6.07, 6.45) is 0. The van der Waals surface area contributed by atoms with Crippen LogP contribution in [0.3, 0.4) is 0 Å². The Balaban J connectivity index is 1.85. The quantitative estimate of drug-likeness (QED) is 0.369. The topological polar surface area (TPSA) is 29.5 Å². The van der Waals surface area contributed by atoms with Gasteiger partial charge in [-0.2, -0.15) is 0 Å². The number of amides is 1. The van der Waals surface area contributed by atoms with E-state index >= 15 is 0 Å². The van der Waals surface area contributed by atoms with E-state index in [1.807, 2.05) is 95.9 Å². The van der Waals surface area contributed by atoms with Gasteiger partial charge in [0.2, 0.25) is 0 Å². The van der Waals surface area contributed by atoms with E-state index in [0.29, 0.717) is 12.1 Å². The third kappa shape index (κ3) is 4.67. The van der Waals surface area contributed by atoms with Gasteiger partial charge in [-0.05, 0) is 29.3 Å². The Morgan fingerprint density at radius 2 is 1.19 bits per heavy atom. The van der Waals surface area contributed by atoms with Gasteiger partial charge in [-0.15, -0.1) is 0 Å². The first kappa shape index (κ1) is 20.4. The summed E-state index contributed by atoms with van der Waals surface area (Å²) in [5.41, 5.74) is 3.75. The molecule has 4 rings (SSSR count). The summed E-state index contributed by atoms with van der Waals surface area (Å²) in [7, 11) is 1.66. The van der Waals surface area contributed by atoms with Crippen LogP contribution in [0.4, 0.5) is 0 Å². The summed E-state index contributed by atoms with van der Waals surface area (Å²) in [4.78, 5) is 15.8. The molecule has 0 aliphatic carbocycles. The zero-order valence-corrected chi connectivity index (χ0v) is 17.5. The van der Waals surface area contributed by atoms with Gasteiger partial charge >= 0.3 is 0 Å². The van der Waals surface area contributed by atoms with Crippen LogP contribution in [0.5, 0.6) is 5.75 Å². The van der Waals surface area contributed by atoms with E-state index in [-0.39, 0.29) is 11.9 Å². The first-order chi connectivity index (χ1) is 15.3. The molecule has 0 radical (unpaired) electrons. The molecule has 4 aromatic rings. The second-order valence-corrected chi connectivity index (χ2v) is 7.33. The van der Waals surface area contributed by atoms with Crippen molar-refractivity contribution in [3.8, 4) is 5.75 Å². The van der Waals surface area contributed by atoms with E-state index in [1.54, 1.807) is 7.11 Å². The number of hydrogen-bond acceptors (Lipinski definition) is 2. The van der Waals surface area contributed by atoms with Crippen LogP contribution in [0.1, 0.15) is 33.1 Å². The molecule has 31 heavy (non-hydrogen) atoms. The van der Waals surface area contributed by atoms with Gasteiger partial charge in [0, 0.05) is 11.1 Å². The number of carbonyl (C=O) groups is 1. The molecular formula is C28H25NO2. The number of hydrogen-bond donors (Lipinski definition) is 0. The molecule has 0 fully saturated rings. The maximum atomic E-state index is 13.8. The normalized spacial score (nSPS) is 10.6. The molecule has 0 bridgehead atoms. The van der Waals surface area contributed by atoms with Gasteiger partial charge in [-0.1, -0.05) is 97.1 Å². The minimum Gasteiger partial charge on any atom is -0.496 e. The molecule has 0 saturated heterocycles. The smallest absolute Gasteiger partial charge is 0.254 e. The molecule has 0 atom stereocenters. The van der Waals surface area contributed by atoms with E-state index in [4.69, 9.17) is 4.74 Å². The van der Waals surface area contributed by atoms with Crippen molar-refractivity contribution in [2.75, 3.05) is 7.11 Å². The third-order valence-corrected chi connectivity index (χ3v) is 5.36. The van der Waals surface area contributed by atoms with Gasteiger partial charge in [-0.3, -0.25) is 4.79 Å². The summed E-state index contributed by atoms with van der Waals surface area (Å²) in [6, 6.07) is 37.4. The lowest BCUT2D eigenvalue weighted by Crippen LogP contribution is -2.35. The van der Waals surface area contributed by atoms with Crippen molar-refractivity contribution in [1.82, 2.24) is 4.90 Å². The summed E-state index contributed by atoms with van der Waals surface area (Å²) in [5.74, 6) is 0.748. The summed E-state index contributed by atoms with van der Waals surface area (Å²) >= 11 is 0. The Kier molecular flexibility index (Phi) is 6.44. The molecule has 4 aromatic carbocycles. The molecule has 0 aromatic heterocycles. The van der Waals surface area contributed by atoms with Gasteiger partial charge in [-0.25, -0.2) is 0 Å². The maximum absolute atomic E-state index is 13.8. The zero-order chi connectivity index (χ0) is 21.5. The van der Waals surface area contributed by atoms with Crippen LogP contribution in [-0.4, -0.2) is 17.9 Å². The Labute approximate surface area is 183 Å². The molecule has 0 spiro atoms. The minimum atomic E-state index is -0.236. The third-order valence-electron chi connectivity index (χ3n) is 5.36. The second-order valence-electron chi connectivity index (χ2n) is 7.33. The highest BCUT2D eigenvalue weighted by molar-refractivity contribution is 5.94. The van der Waals surface area contributed by atoms with E-state index in [1.165, 1.54) is 0 Å². The van der Waals surface area contributed by atoms with Gasteiger partial charge < -0.3 is 9.64 Å². The lowest BCUT2D eigenvalue weighted by Gasteiger charge is -2.33. The van der Waals surface area contributed by atoms with E-state index in [2.05, 4.69) is 24.3 Å². The second kappa shape index (κ2) is 9.77. The van der Waals surface area contributed by atoms with Crippen molar-refractivity contribution in [3.05, 3.63) is 138 Å². The molecule has 0 N–H and O–H groups in total. The van der Waals surface area contributed by atoms with Crippen molar-refractivity contribution in [1.29, 1.82) is 0 Å². The van der Waals surface area contributed by atoms with Crippen molar-refractivity contribution in [2.24, 2.45) is 0 Å². The van der Waals surface area contributed by atoms with Gasteiger partial charge in [0.15, 0.2) is 0 Å². The summed E-state index contributed by atoms with van der Waals surface area (Å²) in [6.45, 7) is 0.423. The van der Waals surface area contributed by atoms with Crippen LogP contribution < -0.4 is 4.74 Å². The molecule has 154 valence electrons. The lowest BCUT2D eigenvalue weighted by atomic mass is 9.95. The SMILES string of the molecule is COc1ccccc1CN(C(=O)c1ccccc1)C(c1ccccc1)c1ccccc1. The monoisotopic (exact) mass is 407 g/mol. The minimum absolute atomic E-state index is 0.0239. The fraction of sp³-hybridized carbons (Fsp3) is 0.107. The Morgan fingerprint density at radius 3 is 1.74 bits per heavy atom. The number of nitrogens with zero attached hydrogens (tertiary/aromatic N) is 1. The summed E-state index contributed by atoms with van der Waals surface area (Å²) in [5, 5.41) is 0. The zero-order valence-electron chi connectivity index (χ0n) is 17.5. The van der Waals surface area contributed by atoms with E-state index in [9.17, 15) is 4.79 Å². The number of benzene rings is 4. The molecule has 0 heterocycles. The fourth-order valence-corrected chi connectivity index (χ4v) is 3.87. The van der Waals surface area contributed by atoms with Crippen molar-refractivity contribution in [3.63, 3.8) is 0 Å². The Hall–Kier alpha value is -3.85. The predicted molar refractivity (Wildman–Crippen MR) is 124 cm³/mol. The highest BCUT2D eigenvalue weighted by Gasteiger charge is 2.28. The maximum Gasteiger partial charge on any atom is 0.254 e. The molecule has 1 amide bonds. The predicted octanol–water partition coefficient (Wildman–Crippen LogP) is 6.13. The van der Waals surface area contributed by atoms with Crippen molar-refractivity contribution >= 4 is 5.91 Å². The van der Waals surface area contributed by atoms with Crippen LogP contribution in [0.25, 0.3) is 0 Å². The highest BCUT2D eigenvalue weighted by atomic mass is 16.5. The fourth-order valence-electron chi connectivity index (χ4n) is 3.87. The standard InChI is InChI=1S/C28H25NO2/c1-31-26-20-12-11-19-25(26)21-29(28(30)24-17-9-4-10-18-24)27(22-13-5-2-6-14-22)23-15-7-3-8-16-23/h2-20,27H,21H2,1H3. The molecular weight excluding hydrogens is 382 g/mol. The Bertz CT molecular complexity index is 1070. The van der Waals surface area contributed by atoms with Crippen LogP contribution in [0.2, 0.25) is 0 Å². The largest absolute Gasteiger partial charge is 0.496 e. The number of methoxy groups -OCH3 is 1. The van der Waals surface area contributed by atoms with Crippen molar-refractivity contribution in [2.45, 2.75) is 12.6 Å². The number of para-hydroxylation sites is 1. The molecule has 0 unspecified atom stereocenters. The van der Waals surface area contributed by atoms with Crippen LogP contribution in [0.15, 0.2) is 115 Å². The van der Waals surface area contributed by atoms with E-state index < -0.39 is 0 Å². The first-order valence-electron chi connectivity index (χ1n) is 10.4. The van der Waals surface area contributed by atoms with E-state index in [0.717, 1.165) is 22.4 Å².